The van der Waals surface area contributed by atoms with Gasteiger partial charge in [-0.15, -0.1) is 0 Å². The molecule has 0 bridgehead atoms. The first-order valence-electron chi connectivity index (χ1n) is 10.1. The first kappa shape index (κ1) is 17.6. The number of aryl methyl sites for hydroxylation is 1. The monoisotopic (exact) mass is 358 g/mol. The Balaban J connectivity index is 1.47. The number of carbonyl (C=O) groups excluding carboxylic acids is 2. The van der Waals surface area contributed by atoms with E-state index in [9.17, 15) is 9.59 Å². The van der Waals surface area contributed by atoms with Crippen LogP contribution in [0.25, 0.3) is 0 Å². The lowest BCUT2D eigenvalue weighted by Crippen LogP contribution is -2.51. The van der Waals surface area contributed by atoms with Crippen molar-refractivity contribution < 1.29 is 9.59 Å². The second kappa shape index (κ2) is 6.71. The normalized spacial score (nSPS) is 26.2. The average molecular weight is 358 g/mol. The molecule has 4 rings (SSSR count). The number of hydrogen-bond donors (Lipinski definition) is 0. The Kier molecular flexibility index (Phi) is 4.53. The maximum absolute atomic E-state index is 13.1. The number of piperidine rings is 1. The number of nitrogens with zero attached hydrogens (tertiary/aromatic N) is 4. The van der Waals surface area contributed by atoms with Crippen molar-refractivity contribution in [3.8, 4) is 0 Å². The van der Waals surface area contributed by atoms with Gasteiger partial charge in [-0.3, -0.25) is 14.3 Å². The molecule has 3 fully saturated rings. The first-order chi connectivity index (χ1) is 12.5. The summed E-state index contributed by atoms with van der Waals surface area (Å²) in [7, 11) is 0. The fraction of sp³-hybridized carbons (Fsp3) is 0.750. The van der Waals surface area contributed by atoms with Gasteiger partial charge < -0.3 is 9.80 Å². The molecule has 3 heterocycles. The molecule has 3 aliphatic rings. The SMILES string of the molecule is CCCn1ncc(C(=O)N2CCC3(CCCN(CC4CC4)C3=O)C2)c1C. The molecular formula is C20H30N4O2. The molecule has 26 heavy (non-hydrogen) atoms. The molecule has 1 aromatic heterocycles. The van der Waals surface area contributed by atoms with Crippen molar-refractivity contribution in [2.24, 2.45) is 11.3 Å². The van der Waals surface area contributed by atoms with Crippen molar-refractivity contribution >= 4 is 11.8 Å². The molecule has 2 amide bonds. The molecule has 1 spiro atoms. The summed E-state index contributed by atoms with van der Waals surface area (Å²) < 4.78 is 1.90. The van der Waals surface area contributed by atoms with Crippen LogP contribution in [-0.2, 0) is 11.3 Å². The van der Waals surface area contributed by atoms with Gasteiger partial charge in [-0.2, -0.15) is 5.10 Å². The van der Waals surface area contributed by atoms with Crippen LogP contribution in [-0.4, -0.2) is 57.6 Å². The summed E-state index contributed by atoms with van der Waals surface area (Å²) in [6.07, 6.45) is 8.01. The lowest BCUT2D eigenvalue weighted by atomic mass is 9.78. The van der Waals surface area contributed by atoms with Crippen LogP contribution in [0.15, 0.2) is 6.20 Å². The minimum absolute atomic E-state index is 0.0360. The topological polar surface area (TPSA) is 58.4 Å². The van der Waals surface area contributed by atoms with Crippen LogP contribution in [0.3, 0.4) is 0 Å². The summed E-state index contributed by atoms with van der Waals surface area (Å²) in [5, 5.41) is 4.36. The van der Waals surface area contributed by atoms with Gasteiger partial charge in [0.1, 0.15) is 0 Å². The van der Waals surface area contributed by atoms with E-state index in [0.717, 1.165) is 56.9 Å². The lowest BCUT2D eigenvalue weighted by Gasteiger charge is -2.39. The van der Waals surface area contributed by atoms with Crippen molar-refractivity contribution in [3.05, 3.63) is 17.5 Å². The molecule has 142 valence electrons. The second-order valence-electron chi connectivity index (χ2n) is 8.42. The lowest BCUT2D eigenvalue weighted by molar-refractivity contribution is -0.145. The minimum atomic E-state index is -0.337. The molecule has 1 saturated carbocycles. The Morgan fingerprint density at radius 2 is 2.12 bits per heavy atom. The van der Waals surface area contributed by atoms with E-state index < -0.39 is 0 Å². The molecule has 0 aromatic carbocycles. The van der Waals surface area contributed by atoms with Gasteiger partial charge in [-0.25, -0.2) is 0 Å². The smallest absolute Gasteiger partial charge is 0.257 e. The van der Waals surface area contributed by atoms with Crippen molar-refractivity contribution in [2.75, 3.05) is 26.2 Å². The Hall–Kier alpha value is -1.85. The number of aromatic nitrogens is 2. The van der Waals surface area contributed by atoms with Gasteiger partial charge in [0, 0.05) is 38.4 Å². The van der Waals surface area contributed by atoms with E-state index >= 15 is 0 Å². The Bertz CT molecular complexity index is 709. The molecular weight excluding hydrogens is 328 g/mol. The Morgan fingerprint density at radius 1 is 1.31 bits per heavy atom. The highest BCUT2D eigenvalue weighted by atomic mass is 16.2. The number of carbonyl (C=O) groups is 2. The number of amides is 2. The third-order valence-corrected chi connectivity index (χ3v) is 6.41. The highest BCUT2D eigenvalue weighted by Crippen LogP contribution is 2.42. The average Bonchev–Trinajstić information content (AvgIpc) is 3.23. The fourth-order valence-corrected chi connectivity index (χ4v) is 4.63. The molecule has 6 heteroatoms. The summed E-state index contributed by atoms with van der Waals surface area (Å²) in [6.45, 7) is 7.98. The van der Waals surface area contributed by atoms with Crippen LogP contribution in [0.5, 0.6) is 0 Å². The number of hydrogen-bond acceptors (Lipinski definition) is 3. The largest absolute Gasteiger partial charge is 0.342 e. The maximum atomic E-state index is 13.1. The van der Waals surface area contributed by atoms with Crippen molar-refractivity contribution in [2.45, 2.75) is 58.9 Å². The molecule has 0 N–H and O–H groups in total. The molecule has 0 radical (unpaired) electrons. The summed E-state index contributed by atoms with van der Waals surface area (Å²) in [4.78, 5) is 30.2. The first-order valence-corrected chi connectivity index (χ1v) is 10.1. The predicted molar refractivity (Wildman–Crippen MR) is 98.7 cm³/mol. The quantitative estimate of drug-likeness (QED) is 0.812. The van der Waals surface area contributed by atoms with Gasteiger partial charge >= 0.3 is 0 Å². The zero-order valence-corrected chi connectivity index (χ0v) is 16.0. The fourth-order valence-electron chi connectivity index (χ4n) is 4.63. The summed E-state index contributed by atoms with van der Waals surface area (Å²) in [6, 6.07) is 0. The highest BCUT2D eigenvalue weighted by molar-refractivity contribution is 5.96. The van der Waals surface area contributed by atoms with E-state index in [2.05, 4.69) is 16.9 Å². The molecule has 1 aliphatic carbocycles. The van der Waals surface area contributed by atoms with Crippen LogP contribution in [0.2, 0.25) is 0 Å². The zero-order valence-electron chi connectivity index (χ0n) is 16.0. The van der Waals surface area contributed by atoms with E-state index in [1.165, 1.54) is 12.8 Å². The third kappa shape index (κ3) is 3.03. The van der Waals surface area contributed by atoms with Crippen molar-refractivity contribution in [1.82, 2.24) is 19.6 Å². The van der Waals surface area contributed by atoms with Gasteiger partial charge in [0.15, 0.2) is 0 Å². The molecule has 2 aliphatic heterocycles. The Morgan fingerprint density at radius 3 is 2.85 bits per heavy atom. The van der Waals surface area contributed by atoms with E-state index in [-0.39, 0.29) is 11.3 Å². The maximum Gasteiger partial charge on any atom is 0.257 e. The van der Waals surface area contributed by atoms with E-state index in [1.807, 2.05) is 16.5 Å². The van der Waals surface area contributed by atoms with E-state index in [4.69, 9.17) is 0 Å². The van der Waals surface area contributed by atoms with Crippen LogP contribution < -0.4 is 0 Å². The summed E-state index contributed by atoms with van der Waals surface area (Å²) in [5.41, 5.74) is 1.28. The van der Waals surface area contributed by atoms with E-state index in [0.29, 0.717) is 24.6 Å². The molecule has 2 saturated heterocycles. The molecule has 6 nitrogen and oxygen atoms in total. The highest BCUT2D eigenvalue weighted by Gasteiger charge is 2.50. The van der Waals surface area contributed by atoms with Gasteiger partial charge in [0.25, 0.3) is 5.91 Å². The standard InChI is InChI=1S/C20H30N4O2/c1-3-9-24-15(2)17(12-21-24)18(25)23-11-8-20(14-23)7-4-10-22(19(20)26)13-16-5-6-16/h12,16H,3-11,13-14H2,1-2H3. The number of likely N-dealkylation sites (tertiary alicyclic amines) is 2. The summed E-state index contributed by atoms with van der Waals surface area (Å²) in [5.74, 6) is 1.05. The van der Waals surface area contributed by atoms with Gasteiger partial charge in [0.2, 0.25) is 5.91 Å². The van der Waals surface area contributed by atoms with Gasteiger partial charge in [-0.05, 0) is 51.4 Å². The molecule has 1 unspecified atom stereocenters. The van der Waals surface area contributed by atoms with Gasteiger partial charge in [0.05, 0.1) is 17.2 Å². The van der Waals surface area contributed by atoms with Crippen LogP contribution in [0.1, 0.15) is 61.5 Å². The van der Waals surface area contributed by atoms with Gasteiger partial charge in [-0.1, -0.05) is 6.92 Å². The van der Waals surface area contributed by atoms with Crippen molar-refractivity contribution in [3.63, 3.8) is 0 Å². The second-order valence-corrected chi connectivity index (χ2v) is 8.42. The predicted octanol–water partition coefficient (Wildman–Crippen LogP) is 2.47. The van der Waals surface area contributed by atoms with Crippen molar-refractivity contribution in [1.29, 1.82) is 0 Å². The van der Waals surface area contributed by atoms with Crippen LogP contribution >= 0.6 is 0 Å². The van der Waals surface area contributed by atoms with Crippen LogP contribution in [0.4, 0.5) is 0 Å². The zero-order chi connectivity index (χ0) is 18.3. The summed E-state index contributed by atoms with van der Waals surface area (Å²) >= 11 is 0. The van der Waals surface area contributed by atoms with Crippen LogP contribution in [0, 0.1) is 18.3 Å². The molecule has 1 atom stereocenters. The third-order valence-electron chi connectivity index (χ3n) is 6.41. The Labute approximate surface area is 155 Å². The van der Waals surface area contributed by atoms with E-state index in [1.54, 1.807) is 6.20 Å². The minimum Gasteiger partial charge on any atom is -0.342 e. The molecule has 1 aromatic rings. The number of rotatable bonds is 5.